The summed E-state index contributed by atoms with van der Waals surface area (Å²) in [7, 11) is 0. The van der Waals surface area contributed by atoms with E-state index in [1.165, 1.54) is 0 Å². The average Bonchev–Trinajstić information content (AvgIpc) is 2.37. The summed E-state index contributed by atoms with van der Waals surface area (Å²) in [6.07, 6.45) is 4.24. The van der Waals surface area contributed by atoms with E-state index in [1.807, 2.05) is 0 Å². The van der Waals surface area contributed by atoms with Gasteiger partial charge in [0, 0.05) is 18.4 Å². The molecule has 0 amide bonds. The number of unbranched alkanes of at least 4 members (excludes halogenated alkanes) is 1. The Balaban J connectivity index is 2.24. The minimum absolute atomic E-state index is 0.0866. The van der Waals surface area contributed by atoms with Crippen LogP contribution in [0.4, 0.5) is 4.79 Å². The summed E-state index contributed by atoms with van der Waals surface area (Å²) in [5.41, 5.74) is 0. The molecule has 0 aromatic carbocycles. The highest BCUT2D eigenvalue weighted by molar-refractivity contribution is 8.11. The summed E-state index contributed by atoms with van der Waals surface area (Å²) < 4.78 is 12.7. The van der Waals surface area contributed by atoms with Crippen LogP contribution >= 0.6 is 11.9 Å². The second kappa shape index (κ2) is 8.37. The quantitative estimate of drug-likeness (QED) is 0.569. The fourth-order valence-corrected chi connectivity index (χ4v) is 2.24. The van der Waals surface area contributed by atoms with Crippen LogP contribution in [0, 0.1) is 5.92 Å². The summed E-state index contributed by atoms with van der Waals surface area (Å²) in [6, 6.07) is 0. The fourth-order valence-electron chi connectivity index (χ4n) is 1.76. The van der Waals surface area contributed by atoms with Crippen LogP contribution in [0.25, 0.3) is 0 Å². The maximum Gasteiger partial charge on any atom is 0.382 e. The van der Waals surface area contributed by atoms with Gasteiger partial charge in [-0.1, -0.05) is 33.1 Å². The average molecular weight is 275 g/mol. The van der Waals surface area contributed by atoms with Gasteiger partial charge in [0.05, 0.1) is 0 Å². The highest BCUT2D eigenvalue weighted by Crippen LogP contribution is 2.18. The predicted molar refractivity (Wildman–Crippen MR) is 69.9 cm³/mol. The zero-order chi connectivity index (χ0) is 13.4. The van der Waals surface area contributed by atoms with Gasteiger partial charge in [-0.15, -0.1) is 0 Å². The molecular weight excluding hydrogens is 254 g/mol. The highest BCUT2D eigenvalue weighted by atomic mass is 32.2. The van der Waals surface area contributed by atoms with Gasteiger partial charge in [-0.3, -0.25) is 4.79 Å². The van der Waals surface area contributed by atoms with Crippen molar-refractivity contribution in [1.29, 1.82) is 0 Å². The number of carbonyl (C=O) groups excluding carboxylic acids is 2. The van der Waals surface area contributed by atoms with E-state index in [0.717, 1.165) is 37.6 Å². The van der Waals surface area contributed by atoms with Crippen LogP contribution in [0.5, 0.6) is 0 Å². The third-order valence-electron chi connectivity index (χ3n) is 2.90. The minimum Gasteiger partial charge on any atom is -0.451 e. The van der Waals surface area contributed by atoms with Crippen molar-refractivity contribution in [3.05, 3.63) is 0 Å². The number of carbonyl (C=O) groups is 2. The molecule has 0 radical (unpaired) electrons. The largest absolute Gasteiger partial charge is 0.451 e. The molecule has 104 valence electrons. The van der Waals surface area contributed by atoms with Gasteiger partial charge in [0.2, 0.25) is 0 Å². The SMILES string of the molecule is CCCCC(CC)CC(=O)OC1COC(=O)SN1. The molecule has 1 heterocycles. The second-order valence-corrected chi connectivity index (χ2v) is 5.15. The molecule has 0 saturated carbocycles. The molecule has 2 unspecified atom stereocenters. The normalized spacial score (nSPS) is 21.2. The molecule has 1 fully saturated rings. The molecule has 5 nitrogen and oxygen atoms in total. The highest BCUT2D eigenvalue weighted by Gasteiger charge is 2.24. The van der Waals surface area contributed by atoms with Gasteiger partial charge in [0.1, 0.15) is 6.61 Å². The summed E-state index contributed by atoms with van der Waals surface area (Å²) >= 11 is 0.818. The van der Waals surface area contributed by atoms with Crippen LogP contribution < -0.4 is 4.72 Å². The molecule has 0 bridgehead atoms. The number of hydrogen-bond acceptors (Lipinski definition) is 6. The fraction of sp³-hybridized carbons (Fsp3) is 0.833. The van der Waals surface area contributed by atoms with Gasteiger partial charge in [-0.05, 0) is 12.3 Å². The van der Waals surface area contributed by atoms with Crippen molar-refractivity contribution in [3.8, 4) is 0 Å². The van der Waals surface area contributed by atoms with E-state index >= 15 is 0 Å². The summed E-state index contributed by atoms with van der Waals surface area (Å²) in [4.78, 5) is 22.5. The number of cyclic esters (lactones) is 1. The maximum absolute atomic E-state index is 11.7. The van der Waals surface area contributed by atoms with E-state index in [0.29, 0.717) is 12.3 Å². The van der Waals surface area contributed by atoms with Crippen molar-refractivity contribution in [2.24, 2.45) is 5.92 Å². The van der Waals surface area contributed by atoms with Gasteiger partial charge in [0.15, 0.2) is 6.23 Å². The first-order valence-corrected chi connectivity index (χ1v) is 7.26. The van der Waals surface area contributed by atoms with E-state index in [1.54, 1.807) is 0 Å². The lowest BCUT2D eigenvalue weighted by Crippen LogP contribution is -2.39. The Kier molecular flexibility index (Phi) is 7.12. The molecule has 1 aliphatic rings. The van der Waals surface area contributed by atoms with Crippen molar-refractivity contribution >= 4 is 23.2 Å². The van der Waals surface area contributed by atoms with Crippen molar-refractivity contribution in [2.75, 3.05) is 6.61 Å². The molecule has 18 heavy (non-hydrogen) atoms. The Bertz CT molecular complexity index is 275. The minimum atomic E-state index is -0.524. The van der Waals surface area contributed by atoms with Crippen LogP contribution in [0.2, 0.25) is 0 Å². The van der Waals surface area contributed by atoms with Gasteiger partial charge >= 0.3 is 11.3 Å². The Morgan fingerprint density at radius 1 is 1.61 bits per heavy atom. The van der Waals surface area contributed by atoms with Crippen molar-refractivity contribution < 1.29 is 19.1 Å². The molecule has 0 aromatic rings. The molecule has 1 aliphatic heterocycles. The van der Waals surface area contributed by atoms with E-state index in [9.17, 15) is 9.59 Å². The lowest BCUT2D eigenvalue weighted by Gasteiger charge is -2.23. The number of rotatable bonds is 7. The van der Waals surface area contributed by atoms with Crippen LogP contribution in [-0.2, 0) is 14.3 Å². The standard InChI is InChI=1S/C12H21NO4S/c1-3-5-6-9(4-2)7-11(14)17-10-8-16-12(15)18-13-10/h9-10,13H,3-8H2,1-2H3. The molecule has 6 heteroatoms. The maximum atomic E-state index is 11.7. The summed E-state index contributed by atoms with van der Waals surface area (Å²) in [5.74, 6) is 0.158. The Morgan fingerprint density at radius 3 is 2.94 bits per heavy atom. The first-order chi connectivity index (χ1) is 8.65. The molecular formula is C12H21NO4S. The molecule has 2 atom stereocenters. The van der Waals surface area contributed by atoms with Gasteiger partial charge in [-0.2, -0.15) is 0 Å². The van der Waals surface area contributed by atoms with Gasteiger partial charge in [-0.25, -0.2) is 9.52 Å². The third-order valence-corrected chi connectivity index (χ3v) is 3.56. The molecule has 1 rings (SSSR count). The molecule has 0 aliphatic carbocycles. The monoisotopic (exact) mass is 275 g/mol. The zero-order valence-corrected chi connectivity index (χ0v) is 11.8. The van der Waals surface area contributed by atoms with E-state index < -0.39 is 11.5 Å². The smallest absolute Gasteiger partial charge is 0.382 e. The lowest BCUT2D eigenvalue weighted by atomic mass is 9.96. The van der Waals surface area contributed by atoms with Crippen molar-refractivity contribution in [2.45, 2.75) is 52.2 Å². The molecule has 1 saturated heterocycles. The Hall–Kier alpha value is -0.750. The number of hydrogen-bond donors (Lipinski definition) is 1. The number of esters is 1. The van der Waals surface area contributed by atoms with E-state index in [4.69, 9.17) is 9.47 Å². The first kappa shape index (κ1) is 15.3. The molecule has 0 spiro atoms. The van der Waals surface area contributed by atoms with Crippen LogP contribution in [0.15, 0.2) is 0 Å². The zero-order valence-electron chi connectivity index (χ0n) is 10.9. The Labute approximate surface area is 112 Å². The Morgan fingerprint density at radius 2 is 2.39 bits per heavy atom. The predicted octanol–water partition coefficient (Wildman–Crippen LogP) is 2.85. The van der Waals surface area contributed by atoms with E-state index in [2.05, 4.69) is 18.6 Å². The summed E-state index contributed by atoms with van der Waals surface area (Å²) in [6.45, 7) is 4.32. The molecule has 1 N–H and O–H groups in total. The lowest BCUT2D eigenvalue weighted by molar-refractivity contribution is -0.153. The first-order valence-electron chi connectivity index (χ1n) is 6.44. The van der Waals surface area contributed by atoms with Crippen molar-refractivity contribution in [3.63, 3.8) is 0 Å². The third kappa shape index (κ3) is 5.73. The topological polar surface area (TPSA) is 64.6 Å². The second-order valence-electron chi connectivity index (χ2n) is 4.38. The summed E-state index contributed by atoms with van der Waals surface area (Å²) in [5, 5.41) is -0.392. The van der Waals surface area contributed by atoms with Gasteiger partial charge in [0.25, 0.3) is 0 Å². The number of ether oxygens (including phenoxy) is 2. The van der Waals surface area contributed by atoms with Crippen LogP contribution in [0.1, 0.15) is 46.0 Å². The van der Waals surface area contributed by atoms with E-state index in [-0.39, 0.29) is 12.6 Å². The van der Waals surface area contributed by atoms with Gasteiger partial charge < -0.3 is 9.47 Å². The molecule has 0 aromatic heterocycles. The number of nitrogens with one attached hydrogen (secondary N) is 1. The van der Waals surface area contributed by atoms with Crippen LogP contribution in [0.3, 0.4) is 0 Å². The van der Waals surface area contributed by atoms with Crippen LogP contribution in [-0.4, -0.2) is 24.1 Å². The van der Waals surface area contributed by atoms with Crippen molar-refractivity contribution in [1.82, 2.24) is 4.72 Å².